The van der Waals surface area contributed by atoms with Crippen LogP contribution in [0.3, 0.4) is 0 Å². The van der Waals surface area contributed by atoms with Gasteiger partial charge in [-0.15, -0.1) is 12.6 Å². The summed E-state index contributed by atoms with van der Waals surface area (Å²) in [6.45, 7) is -1.21. The Bertz CT molecular complexity index is 389. The fourth-order valence-electron chi connectivity index (χ4n) is 2.57. The summed E-state index contributed by atoms with van der Waals surface area (Å²) in [5.41, 5.74) is -1.04. The molecule has 136 valence electrons. The third-order valence-corrected chi connectivity index (χ3v) is 4.41. The van der Waals surface area contributed by atoms with Crippen LogP contribution in [0, 0.1) is 0 Å². The van der Waals surface area contributed by atoms with Gasteiger partial charge in [-0.3, -0.25) is 0 Å². The minimum Gasteiger partial charge on any atom is -0.394 e. The van der Waals surface area contributed by atoms with Crippen molar-refractivity contribution in [1.29, 1.82) is 0 Å². The number of rotatable bonds is 4. The Morgan fingerprint density at radius 2 is 1.33 bits per heavy atom. The Balaban J connectivity index is 0.00000288. The third kappa shape index (κ3) is 4.61. The van der Waals surface area contributed by atoms with Crippen molar-refractivity contribution in [1.82, 2.24) is 0 Å². The van der Waals surface area contributed by atoms with Crippen molar-refractivity contribution >= 4 is 12.6 Å². The molecule has 0 radical (unpaired) electrons. The second-order valence-electron chi connectivity index (χ2n) is 5.53. The van der Waals surface area contributed by atoms with Crippen LogP contribution in [0.1, 0.15) is 0 Å². The number of aliphatic hydroxyl groups excluding tert-OH is 7. The summed E-state index contributed by atoms with van der Waals surface area (Å²) < 4.78 is 15.7. The number of hydrogen-bond acceptors (Lipinski definition) is 11. The molecule has 2 rings (SSSR count). The maximum atomic E-state index is 10.1. The van der Waals surface area contributed by atoms with Gasteiger partial charge in [0.05, 0.1) is 13.2 Å². The van der Waals surface area contributed by atoms with Crippen molar-refractivity contribution in [3.05, 3.63) is 0 Å². The van der Waals surface area contributed by atoms with Crippen LogP contribution < -0.4 is 29.6 Å². The van der Waals surface area contributed by atoms with E-state index in [1.54, 1.807) is 0 Å². The zero-order valence-corrected chi connectivity index (χ0v) is 15.9. The fourth-order valence-corrected chi connectivity index (χ4v) is 2.90. The van der Waals surface area contributed by atoms with Crippen molar-refractivity contribution in [2.24, 2.45) is 0 Å². The molecule has 10 nitrogen and oxygen atoms in total. The first-order valence-electron chi connectivity index (χ1n) is 7.08. The van der Waals surface area contributed by atoms with E-state index >= 15 is 0 Å². The number of hydrogen-bond donors (Lipinski definition) is 8. The van der Waals surface area contributed by atoms with E-state index in [1.807, 2.05) is 0 Å². The first kappa shape index (κ1) is 23.0. The second kappa shape index (κ2) is 9.76. The van der Waals surface area contributed by atoms with Gasteiger partial charge in [-0.2, -0.15) is 0 Å². The molecule has 12 heteroatoms. The average Bonchev–Trinajstić information content (AvgIpc) is 2.55. The molecule has 0 aromatic heterocycles. The molecule has 0 bridgehead atoms. The Kier molecular flexibility index (Phi) is 9.35. The molecule has 0 aliphatic carbocycles. The number of thiol groups is 1. The van der Waals surface area contributed by atoms with Gasteiger partial charge < -0.3 is 50.0 Å². The molecule has 2 heterocycles. The fraction of sp³-hybridized carbons (Fsp3) is 1.00. The largest absolute Gasteiger partial charge is 1.00 e. The standard InChI is InChI=1S/C12H22O10S.Na/c13-1-3-5(15)6(16)8(18)11(20-3)22-10-4(2-14)21-12(23)9(19)7(10)17;/h3-19,23H,1-2H2;/q;+1. The van der Waals surface area contributed by atoms with E-state index in [0.29, 0.717) is 0 Å². The number of ether oxygens (including phenoxy) is 3. The molecule has 2 aliphatic heterocycles. The Morgan fingerprint density at radius 1 is 0.750 bits per heavy atom. The molecule has 24 heavy (non-hydrogen) atoms. The van der Waals surface area contributed by atoms with Crippen molar-refractivity contribution in [2.75, 3.05) is 13.2 Å². The van der Waals surface area contributed by atoms with Crippen LogP contribution in [0.15, 0.2) is 0 Å². The van der Waals surface area contributed by atoms with Crippen LogP contribution >= 0.6 is 12.6 Å². The minimum atomic E-state index is -1.68. The molecule has 0 spiro atoms. The third-order valence-electron chi connectivity index (χ3n) is 3.98. The summed E-state index contributed by atoms with van der Waals surface area (Å²) in [6, 6.07) is 0. The molecule has 10 unspecified atom stereocenters. The Morgan fingerprint density at radius 3 is 1.88 bits per heavy atom. The number of aliphatic hydroxyl groups is 7. The van der Waals surface area contributed by atoms with Crippen LogP contribution in [0.25, 0.3) is 0 Å². The maximum absolute atomic E-state index is 10.1. The quantitative estimate of drug-likeness (QED) is 0.173. The van der Waals surface area contributed by atoms with E-state index < -0.39 is 73.8 Å². The van der Waals surface area contributed by atoms with Crippen LogP contribution in [-0.4, -0.2) is 110 Å². The van der Waals surface area contributed by atoms with E-state index in [9.17, 15) is 30.6 Å². The van der Waals surface area contributed by atoms with Gasteiger partial charge in [-0.05, 0) is 0 Å². The summed E-state index contributed by atoms with van der Waals surface area (Å²) in [5.74, 6) is 0. The van der Waals surface area contributed by atoms with E-state index in [4.69, 9.17) is 19.3 Å². The summed E-state index contributed by atoms with van der Waals surface area (Å²) in [7, 11) is 0. The first-order valence-corrected chi connectivity index (χ1v) is 7.60. The Hall–Kier alpha value is 0.950. The zero-order chi connectivity index (χ0) is 17.3. The summed E-state index contributed by atoms with van der Waals surface area (Å²) in [4.78, 5) is 0. The molecule has 7 N–H and O–H groups in total. The average molecular weight is 381 g/mol. The van der Waals surface area contributed by atoms with E-state index in [-0.39, 0.29) is 29.6 Å². The minimum absolute atomic E-state index is 0. The van der Waals surface area contributed by atoms with Gasteiger partial charge in [0.25, 0.3) is 0 Å². The molecule has 0 amide bonds. The molecule has 10 atom stereocenters. The summed E-state index contributed by atoms with van der Waals surface area (Å²) in [5, 5.41) is 67.6. The molecular weight excluding hydrogens is 359 g/mol. The van der Waals surface area contributed by atoms with Crippen molar-refractivity contribution in [3.8, 4) is 0 Å². The van der Waals surface area contributed by atoms with E-state index in [2.05, 4.69) is 12.6 Å². The smallest absolute Gasteiger partial charge is 0.394 e. The van der Waals surface area contributed by atoms with Crippen molar-refractivity contribution < 1.29 is 79.5 Å². The maximum Gasteiger partial charge on any atom is 1.00 e. The molecule has 0 saturated carbocycles. The van der Waals surface area contributed by atoms with E-state index in [1.165, 1.54) is 0 Å². The van der Waals surface area contributed by atoms with Crippen LogP contribution in [0.5, 0.6) is 0 Å². The van der Waals surface area contributed by atoms with Gasteiger partial charge in [0.2, 0.25) is 0 Å². The second-order valence-corrected chi connectivity index (χ2v) is 6.04. The molecule has 0 aromatic carbocycles. The van der Waals surface area contributed by atoms with Crippen molar-refractivity contribution in [2.45, 2.75) is 60.6 Å². The van der Waals surface area contributed by atoms with Gasteiger partial charge in [0.15, 0.2) is 6.29 Å². The van der Waals surface area contributed by atoms with Gasteiger partial charge in [-0.1, -0.05) is 0 Å². The normalized spacial score (nSPS) is 49.5. The molecule has 2 aliphatic rings. The van der Waals surface area contributed by atoms with Crippen LogP contribution in [-0.2, 0) is 14.2 Å². The van der Waals surface area contributed by atoms with Gasteiger partial charge >= 0.3 is 29.6 Å². The van der Waals surface area contributed by atoms with Gasteiger partial charge in [0.1, 0.15) is 54.3 Å². The van der Waals surface area contributed by atoms with Gasteiger partial charge in [-0.25, -0.2) is 0 Å². The molecule has 2 saturated heterocycles. The van der Waals surface area contributed by atoms with Crippen LogP contribution in [0.2, 0.25) is 0 Å². The molecular formula is C12H22NaO10S+. The van der Waals surface area contributed by atoms with Crippen LogP contribution in [0.4, 0.5) is 0 Å². The molecule has 0 aromatic rings. The predicted octanol–water partition coefficient (Wildman–Crippen LogP) is -7.46. The zero-order valence-electron chi connectivity index (χ0n) is 13.0. The predicted molar refractivity (Wildman–Crippen MR) is 75.4 cm³/mol. The van der Waals surface area contributed by atoms with Crippen molar-refractivity contribution in [3.63, 3.8) is 0 Å². The van der Waals surface area contributed by atoms with Gasteiger partial charge in [0, 0.05) is 0 Å². The monoisotopic (exact) mass is 381 g/mol. The topological polar surface area (TPSA) is 169 Å². The summed E-state index contributed by atoms with van der Waals surface area (Å²) in [6.07, 6.45) is -12.9. The first-order chi connectivity index (χ1) is 10.8. The Labute approximate surface area is 165 Å². The molecule has 2 fully saturated rings. The van der Waals surface area contributed by atoms with E-state index in [0.717, 1.165) is 0 Å². The summed E-state index contributed by atoms with van der Waals surface area (Å²) >= 11 is 3.92. The SMILES string of the molecule is OCC1OC(OC2C(CO)OC(S)C(O)C2O)C(O)C(O)C1O.[Na+].